The van der Waals surface area contributed by atoms with Crippen molar-refractivity contribution in [2.24, 2.45) is 0 Å². The molecule has 0 spiro atoms. The molecule has 1 nitrogen and oxygen atoms in total. The molecule has 57 valence electrons. The highest BCUT2D eigenvalue weighted by Gasteiger charge is 1.93. The molecule has 1 rings (SSSR count). The van der Waals surface area contributed by atoms with Crippen LogP contribution in [0.25, 0.3) is 6.08 Å². The summed E-state index contributed by atoms with van der Waals surface area (Å²) in [6.45, 7) is 3.57. The first kappa shape index (κ1) is 7.85. The van der Waals surface area contributed by atoms with E-state index in [0.717, 1.165) is 0 Å². The van der Waals surface area contributed by atoms with Crippen LogP contribution in [0, 0.1) is 6.92 Å². The Morgan fingerprint density at radius 2 is 2.27 bits per heavy atom. The third-order valence-electron chi connectivity index (χ3n) is 1.10. The number of hydrogen-bond acceptors (Lipinski definition) is 1. The van der Waals surface area contributed by atoms with E-state index in [-0.39, 0.29) is 5.69 Å². The molecule has 0 N–H and O–H groups in total. The fourth-order valence-corrected chi connectivity index (χ4v) is 0.685. The molecule has 0 aliphatic carbocycles. The number of halogens is 2. The van der Waals surface area contributed by atoms with Crippen LogP contribution in [0.3, 0.4) is 0 Å². The summed E-state index contributed by atoms with van der Waals surface area (Å²) in [5.41, 5.74) is 0.907. The lowest BCUT2D eigenvalue weighted by molar-refractivity contribution is 0.429. The van der Waals surface area contributed by atoms with Crippen LogP contribution in [0.15, 0.2) is 24.4 Å². The lowest BCUT2D eigenvalue weighted by Gasteiger charge is -1.92. The molecule has 0 aromatic carbocycles. The van der Waals surface area contributed by atoms with Gasteiger partial charge in [-0.15, -0.1) is 0 Å². The molecule has 1 aromatic rings. The molecule has 0 atom stereocenters. The largest absolute Gasteiger partial charge is 0.272 e. The Kier molecular flexibility index (Phi) is 2.31. The molecule has 0 saturated carbocycles. The molecule has 1 heterocycles. The van der Waals surface area contributed by atoms with Crippen molar-refractivity contribution < 1.29 is 8.78 Å². The summed E-state index contributed by atoms with van der Waals surface area (Å²) in [5, 5.41) is 0. The van der Waals surface area contributed by atoms with Crippen LogP contribution in [0.4, 0.5) is 8.78 Å². The van der Waals surface area contributed by atoms with E-state index in [1.54, 1.807) is 6.07 Å². The van der Waals surface area contributed by atoms with Crippen molar-refractivity contribution >= 4 is 6.08 Å². The Morgan fingerprint density at radius 3 is 2.82 bits per heavy atom. The quantitative estimate of drug-likeness (QED) is 0.605. The molecule has 0 bridgehead atoms. The van der Waals surface area contributed by atoms with Crippen molar-refractivity contribution in [1.82, 2.24) is 4.98 Å². The smallest absolute Gasteiger partial charge is 0.257 e. The van der Waals surface area contributed by atoms with Gasteiger partial charge in [0.2, 0.25) is 0 Å². The van der Waals surface area contributed by atoms with Crippen molar-refractivity contribution in [1.29, 1.82) is 0 Å². The second-order valence-corrected chi connectivity index (χ2v) is 2.02. The van der Waals surface area contributed by atoms with Gasteiger partial charge in [-0.05, 0) is 24.6 Å². The summed E-state index contributed by atoms with van der Waals surface area (Å²) in [7, 11) is 0. The van der Waals surface area contributed by atoms with Gasteiger partial charge >= 0.3 is 0 Å². The van der Waals surface area contributed by atoms with E-state index in [9.17, 15) is 8.78 Å². The van der Waals surface area contributed by atoms with Gasteiger partial charge in [0.05, 0.1) is 5.69 Å². The normalized spacial score (nSPS) is 9.36. The highest BCUT2D eigenvalue weighted by molar-refractivity contribution is 5.46. The van der Waals surface area contributed by atoms with Crippen LogP contribution in [-0.2, 0) is 0 Å². The first-order valence-electron chi connectivity index (χ1n) is 2.99. The van der Waals surface area contributed by atoms with E-state index in [1.165, 1.54) is 12.3 Å². The second kappa shape index (κ2) is 3.23. The summed E-state index contributed by atoms with van der Waals surface area (Å²) in [6.07, 6.45) is 0.398. The molecule has 0 aliphatic rings. The van der Waals surface area contributed by atoms with Gasteiger partial charge in [0.15, 0.2) is 0 Å². The lowest BCUT2D eigenvalue weighted by Crippen LogP contribution is -1.80. The molecular formula is C8H6F2N. The van der Waals surface area contributed by atoms with E-state index in [2.05, 4.69) is 11.9 Å². The fourth-order valence-electron chi connectivity index (χ4n) is 0.685. The molecule has 1 radical (unpaired) electrons. The van der Waals surface area contributed by atoms with Gasteiger partial charge in [-0.2, -0.15) is 8.78 Å². The lowest BCUT2D eigenvalue weighted by atomic mass is 10.2. The van der Waals surface area contributed by atoms with Crippen molar-refractivity contribution in [2.45, 2.75) is 0 Å². The molecule has 3 heteroatoms. The monoisotopic (exact) mass is 154 g/mol. The van der Waals surface area contributed by atoms with Crippen molar-refractivity contribution in [3.8, 4) is 0 Å². The van der Waals surface area contributed by atoms with E-state index in [1.807, 2.05) is 0 Å². The molecule has 11 heavy (non-hydrogen) atoms. The Balaban J connectivity index is 2.97. The third-order valence-corrected chi connectivity index (χ3v) is 1.10. The first-order valence-corrected chi connectivity index (χ1v) is 2.99. The molecule has 0 fully saturated rings. The van der Waals surface area contributed by atoms with Crippen LogP contribution in [0.2, 0.25) is 0 Å². The number of aromatic nitrogens is 1. The molecule has 0 amide bonds. The van der Waals surface area contributed by atoms with Gasteiger partial charge in [-0.3, -0.25) is 4.98 Å². The number of hydrogen-bond donors (Lipinski definition) is 0. The summed E-state index contributed by atoms with van der Waals surface area (Å²) < 4.78 is 23.3. The summed E-state index contributed by atoms with van der Waals surface area (Å²) in [4.78, 5) is 3.68. The molecule has 1 aromatic heterocycles. The summed E-state index contributed by atoms with van der Waals surface area (Å²) >= 11 is 0. The standard InChI is InChI=1S/C8H6F2N/c1-6-2-3-11-7(4-6)5-8(9)10/h2-5H,1H2. The maximum absolute atomic E-state index is 11.7. The third kappa shape index (κ3) is 2.45. The van der Waals surface area contributed by atoms with Crippen molar-refractivity contribution in [2.75, 3.05) is 0 Å². The Bertz CT molecular complexity index is 277. The van der Waals surface area contributed by atoms with Crippen molar-refractivity contribution in [3.05, 3.63) is 42.6 Å². The van der Waals surface area contributed by atoms with E-state index in [0.29, 0.717) is 11.6 Å². The fraction of sp³-hybridized carbons (Fsp3) is 0. The van der Waals surface area contributed by atoms with E-state index in [4.69, 9.17) is 0 Å². The minimum absolute atomic E-state index is 0.234. The highest BCUT2D eigenvalue weighted by Crippen LogP contribution is 2.07. The maximum atomic E-state index is 11.7. The molecule has 0 unspecified atom stereocenters. The predicted molar refractivity (Wildman–Crippen MR) is 38.9 cm³/mol. The SMILES string of the molecule is [CH2]c1ccnc(C=C(F)F)c1. The number of pyridine rings is 1. The van der Waals surface area contributed by atoms with Crippen LogP contribution >= 0.6 is 0 Å². The van der Waals surface area contributed by atoms with Crippen LogP contribution in [0.1, 0.15) is 11.3 Å². The number of rotatable bonds is 1. The van der Waals surface area contributed by atoms with Crippen molar-refractivity contribution in [3.63, 3.8) is 0 Å². The molecular weight excluding hydrogens is 148 g/mol. The maximum Gasteiger partial charge on any atom is 0.272 e. The van der Waals surface area contributed by atoms with Gasteiger partial charge in [0.25, 0.3) is 6.08 Å². The Hall–Kier alpha value is -1.25. The minimum atomic E-state index is -1.75. The van der Waals surface area contributed by atoms with Crippen LogP contribution in [0.5, 0.6) is 0 Å². The number of nitrogens with zero attached hydrogens (tertiary/aromatic N) is 1. The van der Waals surface area contributed by atoms with Crippen LogP contribution in [-0.4, -0.2) is 4.98 Å². The van der Waals surface area contributed by atoms with Crippen LogP contribution < -0.4 is 0 Å². The average Bonchev–Trinajstić information content (AvgIpc) is 1.85. The van der Waals surface area contributed by atoms with E-state index < -0.39 is 6.08 Å². The van der Waals surface area contributed by atoms with Gasteiger partial charge in [0, 0.05) is 12.3 Å². The molecule has 0 saturated heterocycles. The minimum Gasteiger partial charge on any atom is -0.257 e. The van der Waals surface area contributed by atoms with E-state index >= 15 is 0 Å². The zero-order valence-electron chi connectivity index (χ0n) is 5.72. The second-order valence-electron chi connectivity index (χ2n) is 2.02. The zero-order valence-corrected chi connectivity index (χ0v) is 5.72. The average molecular weight is 154 g/mol. The highest BCUT2D eigenvalue weighted by atomic mass is 19.3. The first-order chi connectivity index (χ1) is 5.18. The summed E-state index contributed by atoms with van der Waals surface area (Å²) in [5.74, 6) is 0. The topological polar surface area (TPSA) is 12.9 Å². The Labute approximate surface area is 63.4 Å². The summed E-state index contributed by atoms with van der Waals surface area (Å²) in [6, 6.07) is 3.13. The molecule has 0 aliphatic heterocycles. The van der Waals surface area contributed by atoms with Gasteiger partial charge in [-0.1, -0.05) is 0 Å². The Morgan fingerprint density at radius 1 is 1.55 bits per heavy atom. The zero-order chi connectivity index (χ0) is 8.27. The van der Waals surface area contributed by atoms with Gasteiger partial charge in [0.1, 0.15) is 0 Å². The van der Waals surface area contributed by atoms with Gasteiger partial charge in [-0.25, -0.2) is 0 Å². The predicted octanol–water partition coefficient (Wildman–Crippen LogP) is 2.50. The van der Waals surface area contributed by atoms with Gasteiger partial charge < -0.3 is 0 Å².